The van der Waals surface area contributed by atoms with E-state index >= 15 is 0 Å². The summed E-state index contributed by atoms with van der Waals surface area (Å²) in [6.07, 6.45) is 5.23. The molecule has 21 heavy (non-hydrogen) atoms. The summed E-state index contributed by atoms with van der Waals surface area (Å²) >= 11 is 0. The number of nitrogens with zero attached hydrogens (tertiary/aromatic N) is 4. The van der Waals surface area contributed by atoms with Crippen molar-refractivity contribution in [2.75, 3.05) is 6.61 Å². The first-order valence-electron chi connectivity index (χ1n) is 6.88. The zero-order chi connectivity index (χ0) is 15.2. The van der Waals surface area contributed by atoms with E-state index in [1.54, 1.807) is 19.3 Å². The maximum absolute atomic E-state index is 12.0. The first kappa shape index (κ1) is 15.1. The van der Waals surface area contributed by atoms with Gasteiger partial charge in [-0.25, -0.2) is 4.98 Å². The average molecular weight is 290 g/mol. The van der Waals surface area contributed by atoms with Gasteiger partial charge >= 0.3 is 5.97 Å². The summed E-state index contributed by atoms with van der Waals surface area (Å²) in [5.41, 5.74) is 0.500. The van der Waals surface area contributed by atoms with Gasteiger partial charge in [0.05, 0.1) is 12.8 Å². The van der Waals surface area contributed by atoms with E-state index in [0.29, 0.717) is 30.5 Å². The third-order valence-electron chi connectivity index (χ3n) is 2.81. The molecular formula is C14H18N4O3. The van der Waals surface area contributed by atoms with E-state index in [0.717, 1.165) is 0 Å². The first-order chi connectivity index (χ1) is 10.1. The zero-order valence-electron chi connectivity index (χ0n) is 12.3. The van der Waals surface area contributed by atoms with Crippen LogP contribution < -0.4 is 0 Å². The molecule has 1 unspecified atom stereocenters. The second-order valence-corrected chi connectivity index (χ2v) is 4.98. The second-order valence-electron chi connectivity index (χ2n) is 4.98. The molecule has 0 aromatic carbocycles. The molecule has 0 aliphatic carbocycles. The largest absolute Gasteiger partial charge is 0.465 e. The summed E-state index contributed by atoms with van der Waals surface area (Å²) in [7, 11) is 0. The third-order valence-corrected chi connectivity index (χ3v) is 2.81. The lowest BCUT2D eigenvalue weighted by atomic mass is 9.97. The van der Waals surface area contributed by atoms with Crippen LogP contribution >= 0.6 is 0 Å². The number of carbonyl (C=O) groups is 1. The van der Waals surface area contributed by atoms with Crippen LogP contribution in [-0.2, 0) is 9.53 Å². The summed E-state index contributed by atoms with van der Waals surface area (Å²) in [6, 6.07) is 0. The van der Waals surface area contributed by atoms with Crippen LogP contribution in [0.15, 0.2) is 23.1 Å². The molecule has 7 nitrogen and oxygen atoms in total. The number of ether oxygens (including phenoxy) is 1. The van der Waals surface area contributed by atoms with Crippen molar-refractivity contribution < 1.29 is 14.1 Å². The van der Waals surface area contributed by atoms with E-state index < -0.39 is 5.92 Å². The topological polar surface area (TPSA) is 91.0 Å². The minimum absolute atomic E-state index is 0.253. The van der Waals surface area contributed by atoms with Crippen molar-refractivity contribution in [3.63, 3.8) is 0 Å². The van der Waals surface area contributed by atoms with Crippen molar-refractivity contribution in [1.82, 2.24) is 20.1 Å². The fraction of sp³-hybridized carbons (Fsp3) is 0.500. The standard InChI is InChI=1S/C14H18N4O3/c1-4-20-14(19)10(7-9(2)3)13-17-12(18-21-13)11-8-15-5-6-16-11/h5-6,8-10H,4,7H2,1-3H3. The highest BCUT2D eigenvalue weighted by atomic mass is 16.5. The molecule has 1 atom stereocenters. The molecule has 0 saturated heterocycles. The first-order valence-corrected chi connectivity index (χ1v) is 6.88. The highest BCUT2D eigenvalue weighted by Crippen LogP contribution is 2.25. The number of esters is 1. The quantitative estimate of drug-likeness (QED) is 0.753. The molecule has 0 bridgehead atoms. The number of hydrogen-bond acceptors (Lipinski definition) is 7. The number of hydrogen-bond donors (Lipinski definition) is 0. The van der Waals surface area contributed by atoms with E-state index in [2.05, 4.69) is 20.1 Å². The van der Waals surface area contributed by atoms with Gasteiger partial charge in [0.25, 0.3) is 0 Å². The normalized spacial score (nSPS) is 12.4. The second kappa shape index (κ2) is 6.92. The fourth-order valence-corrected chi connectivity index (χ4v) is 1.91. The Bertz CT molecular complexity index is 583. The SMILES string of the molecule is CCOC(=O)C(CC(C)C)c1nc(-c2cnccn2)no1. The highest BCUT2D eigenvalue weighted by Gasteiger charge is 2.29. The zero-order valence-corrected chi connectivity index (χ0v) is 12.3. The lowest BCUT2D eigenvalue weighted by Gasteiger charge is -2.13. The molecule has 0 saturated carbocycles. The average Bonchev–Trinajstić information content (AvgIpc) is 2.95. The molecule has 7 heteroatoms. The van der Waals surface area contributed by atoms with Crippen LogP contribution in [0, 0.1) is 5.92 Å². The Morgan fingerprint density at radius 2 is 2.19 bits per heavy atom. The van der Waals surface area contributed by atoms with Crippen LogP contribution in [0.5, 0.6) is 0 Å². The van der Waals surface area contributed by atoms with Crippen molar-refractivity contribution in [1.29, 1.82) is 0 Å². The Morgan fingerprint density at radius 1 is 1.38 bits per heavy atom. The molecule has 0 N–H and O–H groups in total. The van der Waals surface area contributed by atoms with Crippen LogP contribution in [0.1, 0.15) is 39.0 Å². The maximum Gasteiger partial charge on any atom is 0.318 e. The molecule has 0 fully saturated rings. The van der Waals surface area contributed by atoms with E-state index in [1.165, 1.54) is 6.20 Å². The van der Waals surface area contributed by atoms with Crippen LogP contribution in [0.25, 0.3) is 11.5 Å². The van der Waals surface area contributed by atoms with Gasteiger partial charge in [0, 0.05) is 12.4 Å². The molecule has 2 rings (SSSR count). The van der Waals surface area contributed by atoms with Crippen molar-refractivity contribution in [2.45, 2.75) is 33.1 Å². The van der Waals surface area contributed by atoms with Gasteiger partial charge in [-0.15, -0.1) is 0 Å². The van der Waals surface area contributed by atoms with Crippen molar-refractivity contribution in [3.05, 3.63) is 24.5 Å². The van der Waals surface area contributed by atoms with Crippen molar-refractivity contribution >= 4 is 5.97 Å². The molecule has 0 amide bonds. The molecule has 2 aromatic heterocycles. The van der Waals surface area contributed by atoms with E-state index in [1.807, 2.05) is 13.8 Å². The van der Waals surface area contributed by atoms with Crippen LogP contribution in [0.2, 0.25) is 0 Å². The molecular weight excluding hydrogens is 272 g/mol. The molecule has 0 radical (unpaired) electrons. The van der Waals surface area contributed by atoms with Gasteiger partial charge in [-0.3, -0.25) is 9.78 Å². The van der Waals surface area contributed by atoms with Crippen LogP contribution in [0.4, 0.5) is 0 Å². The fourth-order valence-electron chi connectivity index (χ4n) is 1.91. The number of rotatable bonds is 6. The van der Waals surface area contributed by atoms with Gasteiger partial charge in [-0.2, -0.15) is 4.98 Å². The van der Waals surface area contributed by atoms with E-state index in [9.17, 15) is 4.79 Å². The molecule has 0 spiro atoms. The van der Waals surface area contributed by atoms with Gasteiger partial charge in [-0.05, 0) is 19.3 Å². The minimum atomic E-state index is -0.553. The van der Waals surface area contributed by atoms with Gasteiger partial charge < -0.3 is 9.26 Å². The van der Waals surface area contributed by atoms with Gasteiger partial charge in [-0.1, -0.05) is 19.0 Å². The summed E-state index contributed by atoms with van der Waals surface area (Å²) in [6.45, 7) is 6.13. The Kier molecular flexibility index (Phi) is 4.97. The summed E-state index contributed by atoms with van der Waals surface area (Å²) in [5, 5.41) is 3.86. The maximum atomic E-state index is 12.0. The summed E-state index contributed by atoms with van der Waals surface area (Å²) < 4.78 is 10.3. The van der Waals surface area contributed by atoms with Crippen LogP contribution in [-0.4, -0.2) is 32.7 Å². The molecule has 2 heterocycles. The number of aromatic nitrogens is 4. The van der Waals surface area contributed by atoms with E-state index in [-0.39, 0.29) is 11.9 Å². The highest BCUT2D eigenvalue weighted by molar-refractivity contribution is 5.76. The molecule has 112 valence electrons. The van der Waals surface area contributed by atoms with Gasteiger partial charge in [0.15, 0.2) is 0 Å². The molecule has 0 aliphatic rings. The Balaban J connectivity index is 2.25. The summed E-state index contributed by atoms with van der Waals surface area (Å²) in [4.78, 5) is 24.4. The summed E-state index contributed by atoms with van der Waals surface area (Å²) in [5.74, 6) is -0.0337. The van der Waals surface area contributed by atoms with Crippen molar-refractivity contribution in [3.8, 4) is 11.5 Å². The predicted octanol–water partition coefficient (Wildman–Crippen LogP) is 2.22. The lowest BCUT2D eigenvalue weighted by Crippen LogP contribution is -2.18. The lowest BCUT2D eigenvalue weighted by molar-refractivity contribution is -0.146. The Morgan fingerprint density at radius 3 is 2.81 bits per heavy atom. The molecule has 0 aliphatic heterocycles. The minimum Gasteiger partial charge on any atom is -0.465 e. The Labute approximate surface area is 122 Å². The Hall–Kier alpha value is -2.31. The predicted molar refractivity (Wildman–Crippen MR) is 74.2 cm³/mol. The third kappa shape index (κ3) is 3.84. The number of carbonyl (C=O) groups excluding carboxylic acids is 1. The van der Waals surface area contributed by atoms with Gasteiger partial charge in [0.2, 0.25) is 11.7 Å². The van der Waals surface area contributed by atoms with Gasteiger partial charge in [0.1, 0.15) is 11.6 Å². The van der Waals surface area contributed by atoms with Crippen molar-refractivity contribution in [2.24, 2.45) is 5.92 Å². The molecule has 2 aromatic rings. The van der Waals surface area contributed by atoms with E-state index in [4.69, 9.17) is 9.26 Å². The smallest absolute Gasteiger partial charge is 0.318 e. The van der Waals surface area contributed by atoms with Crippen LogP contribution in [0.3, 0.4) is 0 Å². The monoisotopic (exact) mass is 290 g/mol.